The number of anilines is 1. The number of benzene rings is 1. The standard InChI is InChI=1S/C12H11ClN2O2S/c1-8-6-18-7-9(8)5-14-12-10(13)3-2-4-11(12)15(16)17/h2-4,6-7,14H,5H2,1H3. The average molecular weight is 283 g/mol. The second-order valence-electron chi connectivity index (χ2n) is 3.82. The highest BCUT2D eigenvalue weighted by Crippen LogP contribution is 2.32. The number of halogens is 1. The zero-order valence-corrected chi connectivity index (χ0v) is 11.2. The molecule has 1 aromatic heterocycles. The summed E-state index contributed by atoms with van der Waals surface area (Å²) < 4.78 is 0. The Bertz CT molecular complexity index is 583. The van der Waals surface area contributed by atoms with E-state index in [0.29, 0.717) is 17.3 Å². The Balaban J connectivity index is 2.24. The third-order valence-electron chi connectivity index (χ3n) is 2.61. The van der Waals surface area contributed by atoms with Crippen molar-refractivity contribution in [2.75, 3.05) is 5.32 Å². The Labute approximate surface area is 113 Å². The van der Waals surface area contributed by atoms with Crippen molar-refractivity contribution in [1.29, 1.82) is 0 Å². The van der Waals surface area contributed by atoms with E-state index in [0.717, 1.165) is 5.56 Å². The molecule has 2 aromatic rings. The lowest BCUT2D eigenvalue weighted by molar-refractivity contribution is -0.383. The summed E-state index contributed by atoms with van der Waals surface area (Å²) in [5, 5.41) is 18.4. The summed E-state index contributed by atoms with van der Waals surface area (Å²) in [6.07, 6.45) is 0. The molecule has 0 spiro atoms. The molecule has 2 rings (SSSR count). The highest BCUT2D eigenvalue weighted by atomic mass is 35.5. The fourth-order valence-corrected chi connectivity index (χ4v) is 2.68. The summed E-state index contributed by atoms with van der Waals surface area (Å²) in [5.74, 6) is 0. The lowest BCUT2D eigenvalue weighted by atomic mass is 10.2. The molecule has 0 radical (unpaired) electrons. The fraction of sp³-hybridized carbons (Fsp3) is 0.167. The van der Waals surface area contributed by atoms with Crippen LogP contribution < -0.4 is 5.32 Å². The average Bonchev–Trinajstić information content (AvgIpc) is 2.73. The molecule has 1 aromatic carbocycles. The number of thiophene rings is 1. The van der Waals surface area contributed by atoms with Crippen molar-refractivity contribution in [2.45, 2.75) is 13.5 Å². The minimum absolute atomic E-state index is 0.00428. The van der Waals surface area contributed by atoms with Gasteiger partial charge < -0.3 is 5.32 Å². The second-order valence-corrected chi connectivity index (χ2v) is 4.98. The molecule has 0 fully saturated rings. The smallest absolute Gasteiger partial charge is 0.293 e. The van der Waals surface area contributed by atoms with Gasteiger partial charge in [-0.25, -0.2) is 0 Å². The van der Waals surface area contributed by atoms with Gasteiger partial charge in [0.2, 0.25) is 0 Å². The maximum Gasteiger partial charge on any atom is 0.293 e. The third-order valence-corrected chi connectivity index (χ3v) is 3.83. The van der Waals surface area contributed by atoms with Crippen molar-refractivity contribution in [3.8, 4) is 0 Å². The van der Waals surface area contributed by atoms with E-state index in [4.69, 9.17) is 11.6 Å². The van der Waals surface area contributed by atoms with Crippen LogP contribution >= 0.6 is 22.9 Å². The number of nitrogens with one attached hydrogen (secondary N) is 1. The number of para-hydroxylation sites is 1. The molecule has 1 heterocycles. The summed E-state index contributed by atoms with van der Waals surface area (Å²) >= 11 is 7.60. The van der Waals surface area contributed by atoms with Crippen LogP contribution in [0.3, 0.4) is 0 Å². The largest absolute Gasteiger partial charge is 0.374 e. The van der Waals surface area contributed by atoms with E-state index in [-0.39, 0.29) is 5.69 Å². The molecular weight excluding hydrogens is 272 g/mol. The Kier molecular flexibility index (Phi) is 3.84. The van der Waals surface area contributed by atoms with E-state index >= 15 is 0 Å². The van der Waals surface area contributed by atoms with Gasteiger partial charge in [0.15, 0.2) is 0 Å². The second kappa shape index (κ2) is 5.37. The Morgan fingerprint density at radius 2 is 2.22 bits per heavy atom. The summed E-state index contributed by atoms with van der Waals surface area (Å²) in [4.78, 5) is 10.5. The first-order valence-electron chi connectivity index (χ1n) is 5.28. The van der Waals surface area contributed by atoms with E-state index in [1.807, 2.05) is 17.7 Å². The lowest BCUT2D eigenvalue weighted by Crippen LogP contribution is -2.03. The van der Waals surface area contributed by atoms with Gasteiger partial charge in [-0.15, -0.1) is 0 Å². The van der Waals surface area contributed by atoms with Crippen molar-refractivity contribution in [2.24, 2.45) is 0 Å². The van der Waals surface area contributed by atoms with Crippen LogP contribution in [-0.4, -0.2) is 4.92 Å². The number of rotatable bonds is 4. The van der Waals surface area contributed by atoms with Crippen LogP contribution in [0.1, 0.15) is 11.1 Å². The van der Waals surface area contributed by atoms with Crippen LogP contribution in [0.25, 0.3) is 0 Å². The SMILES string of the molecule is Cc1cscc1CNc1c(Cl)cccc1[N+](=O)[O-]. The Hall–Kier alpha value is -1.59. The van der Waals surface area contributed by atoms with Gasteiger partial charge in [-0.05, 0) is 34.9 Å². The highest BCUT2D eigenvalue weighted by molar-refractivity contribution is 7.08. The van der Waals surface area contributed by atoms with Crippen molar-refractivity contribution >= 4 is 34.3 Å². The predicted molar refractivity (Wildman–Crippen MR) is 74.5 cm³/mol. The monoisotopic (exact) mass is 282 g/mol. The first kappa shape index (κ1) is 12.9. The summed E-state index contributed by atoms with van der Waals surface area (Å²) in [5.41, 5.74) is 2.65. The molecule has 0 bridgehead atoms. The normalized spacial score (nSPS) is 10.3. The molecule has 1 N–H and O–H groups in total. The third kappa shape index (κ3) is 2.63. The van der Waals surface area contributed by atoms with Crippen LogP contribution in [0, 0.1) is 17.0 Å². The summed E-state index contributed by atoms with van der Waals surface area (Å²) in [6, 6.07) is 4.65. The molecular formula is C12H11ClN2O2S. The molecule has 18 heavy (non-hydrogen) atoms. The van der Waals surface area contributed by atoms with Crippen LogP contribution in [0.5, 0.6) is 0 Å². The van der Waals surface area contributed by atoms with Gasteiger partial charge in [0.25, 0.3) is 5.69 Å². The molecule has 0 atom stereocenters. The van der Waals surface area contributed by atoms with Gasteiger partial charge in [0, 0.05) is 12.6 Å². The topological polar surface area (TPSA) is 55.2 Å². The molecule has 0 amide bonds. The molecule has 0 unspecified atom stereocenters. The molecule has 6 heteroatoms. The minimum Gasteiger partial charge on any atom is -0.374 e. The quantitative estimate of drug-likeness (QED) is 0.674. The van der Waals surface area contributed by atoms with Gasteiger partial charge >= 0.3 is 0 Å². The Morgan fingerprint density at radius 3 is 2.83 bits per heavy atom. The van der Waals surface area contributed by atoms with Gasteiger partial charge in [0.05, 0.1) is 9.95 Å². The van der Waals surface area contributed by atoms with Crippen LogP contribution in [0.15, 0.2) is 29.0 Å². The first-order chi connectivity index (χ1) is 8.59. The Morgan fingerprint density at radius 1 is 1.44 bits per heavy atom. The van der Waals surface area contributed by atoms with Gasteiger partial charge in [-0.2, -0.15) is 11.3 Å². The van der Waals surface area contributed by atoms with E-state index in [2.05, 4.69) is 5.32 Å². The number of nitrogens with zero attached hydrogens (tertiary/aromatic N) is 1. The molecule has 0 aliphatic rings. The highest BCUT2D eigenvalue weighted by Gasteiger charge is 2.16. The number of aryl methyl sites for hydroxylation is 1. The van der Waals surface area contributed by atoms with Gasteiger partial charge in [-0.3, -0.25) is 10.1 Å². The van der Waals surface area contributed by atoms with Crippen molar-refractivity contribution in [1.82, 2.24) is 0 Å². The van der Waals surface area contributed by atoms with E-state index < -0.39 is 4.92 Å². The van der Waals surface area contributed by atoms with Gasteiger partial charge in [-0.1, -0.05) is 17.7 Å². The van der Waals surface area contributed by atoms with Crippen LogP contribution in [0.2, 0.25) is 5.02 Å². The van der Waals surface area contributed by atoms with E-state index in [1.165, 1.54) is 11.6 Å². The molecule has 4 nitrogen and oxygen atoms in total. The number of hydrogen-bond donors (Lipinski definition) is 1. The maximum absolute atomic E-state index is 10.9. The number of nitro benzene ring substituents is 1. The van der Waals surface area contributed by atoms with Crippen LogP contribution in [-0.2, 0) is 6.54 Å². The van der Waals surface area contributed by atoms with E-state index in [1.54, 1.807) is 23.5 Å². The number of nitro groups is 1. The zero-order chi connectivity index (χ0) is 13.1. The fourth-order valence-electron chi connectivity index (χ4n) is 1.59. The molecule has 0 aliphatic heterocycles. The first-order valence-corrected chi connectivity index (χ1v) is 6.60. The molecule has 94 valence electrons. The maximum atomic E-state index is 10.9. The summed E-state index contributed by atoms with van der Waals surface area (Å²) in [7, 11) is 0. The van der Waals surface area contributed by atoms with Crippen molar-refractivity contribution in [3.63, 3.8) is 0 Å². The number of hydrogen-bond acceptors (Lipinski definition) is 4. The van der Waals surface area contributed by atoms with Crippen LogP contribution in [0.4, 0.5) is 11.4 Å². The molecule has 0 saturated heterocycles. The predicted octanol–water partition coefficient (Wildman–Crippen LogP) is 4.23. The lowest BCUT2D eigenvalue weighted by Gasteiger charge is -2.08. The van der Waals surface area contributed by atoms with Crippen molar-refractivity contribution < 1.29 is 4.92 Å². The zero-order valence-electron chi connectivity index (χ0n) is 9.64. The van der Waals surface area contributed by atoms with Crippen molar-refractivity contribution in [3.05, 3.63) is 55.2 Å². The molecule has 0 aliphatic carbocycles. The summed E-state index contributed by atoms with van der Waals surface area (Å²) in [6.45, 7) is 2.54. The minimum atomic E-state index is -0.436. The van der Waals surface area contributed by atoms with Gasteiger partial charge in [0.1, 0.15) is 5.69 Å². The molecule has 0 saturated carbocycles. The van der Waals surface area contributed by atoms with E-state index in [9.17, 15) is 10.1 Å².